The summed E-state index contributed by atoms with van der Waals surface area (Å²) >= 11 is 0. The summed E-state index contributed by atoms with van der Waals surface area (Å²) < 4.78 is 0. The van der Waals surface area contributed by atoms with Gasteiger partial charge in [0.25, 0.3) is 0 Å². The number of unbranched alkanes of at least 4 members (excludes halogenated alkanes) is 1. The van der Waals surface area contributed by atoms with Gasteiger partial charge in [-0.25, -0.2) is 9.59 Å². The van der Waals surface area contributed by atoms with E-state index in [9.17, 15) is 24.6 Å². The molecule has 3 rings (SSSR count). The fourth-order valence-electron chi connectivity index (χ4n) is 4.75. The van der Waals surface area contributed by atoms with Gasteiger partial charge in [-0.15, -0.1) is 0 Å². The number of rotatable bonds is 9. The van der Waals surface area contributed by atoms with Crippen LogP contribution in [0.1, 0.15) is 49.3 Å². The number of carboxylic acids is 2. The van der Waals surface area contributed by atoms with Gasteiger partial charge in [-0.1, -0.05) is 55.8 Å². The van der Waals surface area contributed by atoms with Crippen LogP contribution in [0.15, 0.2) is 60.2 Å². The first kappa shape index (κ1) is 25.0. The van der Waals surface area contributed by atoms with E-state index in [0.29, 0.717) is 30.4 Å². The zero-order chi connectivity index (χ0) is 24.9. The van der Waals surface area contributed by atoms with Crippen LogP contribution in [-0.4, -0.2) is 53.1 Å². The second kappa shape index (κ2) is 10.5. The molecule has 0 aliphatic carbocycles. The Morgan fingerprint density at radius 2 is 1.82 bits per heavy atom. The minimum Gasteiger partial charge on any atom is -0.478 e. The van der Waals surface area contributed by atoms with Gasteiger partial charge < -0.3 is 20.8 Å². The molecule has 8 heteroatoms. The summed E-state index contributed by atoms with van der Waals surface area (Å²) in [5.41, 5.74) is 0.944. The van der Waals surface area contributed by atoms with E-state index in [2.05, 4.69) is 17.6 Å². The zero-order valence-electron chi connectivity index (χ0n) is 19.7. The third-order valence-corrected chi connectivity index (χ3v) is 6.16. The molecule has 0 saturated carbocycles. The van der Waals surface area contributed by atoms with Gasteiger partial charge in [-0.2, -0.15) is 0 Å². The van der Waals surface area contributed by atoms with E-state index in [4.69, 9.17) is 0 Å². The Kier molecular flexibility index (Phi) is 7.73. The van der Waals surface area contributed by atoms with Crippen molar-refractivity contribution in [3.05, 3.63) is 76.9 Å². The lowest BCUT2D eigenvalue weighted by Crippen LogP contribution is -2.62. The van der Waals surface area contributed by atoms with Crippen LogP contribution in [0.2, 0.25) is 0 Å². The van der Waals surface area contributed by atoms with Crippen LogP contribution >= 0.6 is 0 Å². The summed E-state index contributed by atoms with van der Waals surface area (Å²) in [5, 5.41) is 25.9. The molecule has 0 bridgehead atoms. The van der Waals surface area contributed by atoms with Gasteiger partial charge in [-0.3, -0.25) is 9.69 Å². The molecular formula is C26H31N3O5. The monoisotopic (exact) mass is 465 g/mol. The normalized spacial score (nSPS) is 20.3. The molecule has 180 valence electrons. The first-order valence-electron chi connectivity index (χ1n) is 11.3. The minimum atomic E-state index is -1.69. The number of aliphatic carboxylic acids is 2. The number of carbonyl (C=O) groups is 3. The standard InChI is InChI=1S/C26H31N3O5/c1-4-5-14-27-22-13-9-12-19-20(18-10-7-6-8-11-18)16-29(3)26(24(19)22,28-17(2)30)21(25(33)34)15-23(31)32/h6-13,15,20,27H,4-5,14,16H2,1-3H3,(H,28,30)(H,31,32)(H,33,34). The third-order valence-electron chi connectivity index (χ3n) is 6.16. The molecule has 0 fully saturated rings. The quantitative estimate of drug-likeness (QED) is 0.331. The number of nitrogens with one attached hydrogen (secondary N) is 2. The van der Waals surface area contributed by atoms with E-state index in [1.807, 2.05) is 48.5 Å². The molecule has 0 saturated heterocycles. The van der Waals surface area contributed by atoms with Crippen molar-refractivity contribution >= 4 is 23.5 Å². The summed E-state index contributed by atoms with van der Waals surface area (Å²) in [7, 11) is 1.70. The molecule has 1 aliphatic heterocycles. The highest BCUT2D eigenvalue weighted by molar-refractivity contribution is 5.98. The van der Waals surface area contributed by atoms with Gasteiger partial charge in [0, 0.05) is 43.3 Å². The first-order valence-corrected chi connectivity index (χ1v) is 11.3. The molecule has 4 N–H and O–H groups in total. The Hall–Kier alpha value is -3.65. The second-order valence-corrected chi connectivity index (χ2v) is 8.49. The molecule has 1 amide bonds. The van der Waals surface area contributed by atoms with E-state index in [0.717, 1.165) is 24.0 Å². The highest BCUT2D eigenvalue weighted by Crippen LogP contribution is 2.48. The number of anilines is 1. The van der Waals surface area contributed by atoms with Crippen LogP contribution in [-0.2, 0) is 20.0 Å². The van der Waals surface area contributed by atoms with Crippen molar-refractivity contribution in [1.82, 2.24) is 10.2 Å². The lowest BCUT2D eigenvalue weighted by Gasteiger charge is -2.50. The fourth-order valence-corrected chi connectivity index (χ4v) is 4.75. The number of hydrogen-bond acceptors (Lipinski definition) is 5. The number of carboxylic acid groups (broad SMARTS) is 2. The van der Waals surface area contributed by atoms with Crippen molar-refractivity contribution in [2.45, 2.75) is 38.3 Å². The van der Waals surface area contributed by atoms with Gasteiger partial charge in [-0.05, 0) is 30.7 Å². The number of fused-ring (bicyclic) bond motifs is 1. The highest BCUT2D eigenvalue weighted by atomic mass is 16.4. The number of benzene rings is 2. The SMILES string of the molecule is CCCCNc1cccc2c1C(NC(C)=O)(C(=CC(=O)O)C(=O)O)N(C)CC2c1ccccc1. The largest absolute Gasteiger partial charge is 0.478 e. The molecule has 1 aliphatic rings. The van der Waals surface area contributed by atoms with Crippen LogP contribution in [0.5, 0.6) is 0 Å². The highest BCUT2D eigenvalue weighted by Gasteiger charge is 2.51. The van der Waals surface area contributed by atoms with E-state index in [-0.39, 0.29) is 5.92 Å². The summed E-state index contributed by atoms with van der Waals surface area (Å²) in [6, 6.07) is 15.5. The van der Waals surface area contributed by atoms with Gasteiger partial charge in [0.15, 0.2) is 5.66 Å². The molecule has 0 spiro atoms. The van der Waals surface area contributed by atoms with Crippen molar-refractivity contribution in [2.75, 3.05) is 25.5 Å². The average Bonchev–Trinajstić information content (AvgIpc) is 2.79. The molecule has 0 radical (unpaired) electrons. The van der Waals surface area contributed by atoms with Crippen LogP contribution in [0.3, 0.4) is 0 Å². The molecule has 2 unspecified atom stereocenters. The van der Waals surface area contributed by atoms with Gasteiger partial charge in [0.2, 0.25) is 5.91 Å². The molecule has 2 atom stereocenters. The number of amides is 1. The zero-order valence-corrected chi connectivity index (χ0v) is 19.7. The maximum Gasteiger partial charge on any atom is 0.336 e. The Balaban J connectivity index is 2.38. The number of likely N-dealkylation sites (N-methyl/N-ethyl adjacent to an activating group) is 1. The molecule has 2 aromatic carbocycles. The third kappa shape index (κ3) is 4.82. The van der Waals surface area contributed by atoms with E-state index >= 15 is 0 Å². The van der Waals surface area contributed by atoms with Crippen molar-refractivity contribution in [3.63, 3.8) is 0 Å². The topological polar surface area (TPSA) is 119 Å². The van der Waals surface area contributed by atoms with Gasteiger partial charge >= 0.3 is 11.9 Å². The number of nitrogens with zero attached hydrogens (tertiary/aromatic N) is 1. The van der Waals surface area contributed by atoms with Crippen LogP contribution in [0, 0.1) is 0 Å². The average molecular weight is 466 g/mol. The predicted octanol–water partition coefficient (Wildman–Crippen LogP) is 3.36. The summed E-state index contributed by atoms with van der Waals surface area (Å²) in [6.07, 6.45) is 2.53. The van der Waals surface area contributed by atoms with Crippen LogP contribution in [0.4, 0.5) is 5.69 Å². The maximum absolute atomic E-state index is 12.5. The lowest BCUT2D eigenvalue weighted by atomic mass is 9.74. The summed E-state index contributed by atoms with van der Waals surface area (Å²) in [6.45, 7) is 4.38. The van der Waals surface area contributed by atoms with Crippen molar-refractivity contribution in [3.8, 4) is 0 Å². The van der Waals surface area contributed by atoms with Gasteiger partial charge in [0.1, 0.15) is 0 Å². The minimum absolute atomic E-state index is 0.115. The fraction of sp³-hybridized carbons (Fsp3) is 0.346. The smallest absolute Gasteiger partial charge is 0.336 e. The molecular weight excluding hydrogens is 434 g/mol. The van der Waals surface area contributed by atoms with Crippen LogP contribution in [0.25, 0.3) is 0 Å². The number of hydrogen-bond donors (Lipinski definition) is 4. The Labute approximate surface area is 199 Å². The second-order valence-electron chi connectivity index (χ2n) is 8.49. The number of carbonyl (C=O) groups excluding carboxylic acids is 1. The van der Waals surface area contributed by atoms with Gasteiger partial charge in [0.05, 0.1) is 5.57 Å². The van der Waals surface area contributed by atoms with E-state index in [1.54, 1.807) is 11.9 Å². The molecule has 0 aromatic heterocycles. The molecule has 8 nitrogen and oxygen atoms in total. The van der Waals surface area contributed by atoms with E-state index in [1.165, 1.54) is 6.92 Å². The van der Waals surface area contributed by atoms with Crippen LogP contribution < -0.4 is 10.6 Å². The van der Waals surface area contributed by atoms with E-state index < -0.39 is 29.1 Å². The Bertz CT molecular complexity index is 1100. The summed E-state index contributed by atoms with van der Waals surface area (Å²) in [5.74, 6) is -3.41. The van der Waals surface area contributed by atoms with Crippen molar-refractivity contribution < 1.29 is 24.6 Å². The Morgan fingerprint density at radius 1 is 1.12 bits per heavy atom. The van der Waals surface area contributed by atoms with Crippen molar-refractivity contribution in [1.29, 1.82) is 0 Å². The van der Waals surface area contributed by atoms with Crippen molar-refractivity contribution in [2.24, 2.45) is 0 Å². The first-order chi connectivity index (χ1) is 16.2. The maximum atomic E-state index is 12.5. The predicted molar refractivity (Wildman–Crippen MR) is 130 cm³/mol. The molecule has 2 aromatic rings. The Morgan fingerprint density at radius 3 is 2.41 bits per heavy atom. The summed E-state index contributed by atoms with van der Waals surface area (Å²) in [4.78, 5) is 38.4. The molecule has 34 heavy (non-hydrogen) atoms. The molecule has 1 heterocycles. The lowest BCUT2D eigenvalue weighted by molar-refractivity contribution is -0.137.